The van der Waals surface area contributed by atoms with Crippen LogP contribution in [0, 0.1) is 19.8 Å². The summed E-state index contributed by atoms with van der Waals surface area (Å²) in [7, 11) is 0. The molecule has 0 unspecified atom stereocenters. The third-order valence-corrected chi connectivity index (χ3v) is 5.84. The fourth-order valence-electron chi connectivity index (χ4n) is 3.85. The number of aromatic nitrogens is 2. The number of rotatable bonds is 7. The molecule has 0 radical (unpaired) electrons. The molecule has 0 atom stereocenters. The molecule has 1 aromatic heterocycles. The third-order valence-electron chi connectivity index (χ3n) is 5.61. The first-order chi connectivity index (χ1) is 16.8. The van der Waals surface area contributed by atoms with Gasteiger partial charge in [0.1, 0.15) is 12.4 Å². The standard InChI is InChI=1S/C28H36ClN5O2/c1-18(2)16-33(27(36)30-22-10-8-9-21(29)14-22)17-26(35)31-25-15-24(28(5,6)7)32-34(25)23-12-11-19(3)13-20(23)4/h8-15,18H,16-17H2,1-7H3,(H,30,36)(H,31,35). The molecular formula is C28H36ClN5O2. The van der Waals surface area contributed by atoms with Gasteiger partial charge in [0.05, 0.1) is 11.4 Å². The third kappa shape index (κ3) is 7.10. The minimum Gasteiger partial charge on any atom is -0.315 e. The Kier molecular flexibility index (Phi) is 8.46. The van der Waals surface area contributed by atoms with Gasteiger partial charge in [-0.05, 0) is 49.6 Å². The number of nitrogens with zero attached hydrogens (tertiary/aromatic N) is 3. The van der Waals surface area contributed by atoms with Crippen molar-refractivity contribution in [2.45, 2.75) is 53.9 Å². The van der Waals surface area contributed by atoms with Crippen LogP contribution in [0.2, 0.25) is 5.02 Å². The Morgan fingerprint density at radius 3 is 2.39 bits per heavy atom. The highest BCUT2D eigenvalue weighted by Crippen LogP contribution is 2.28. The number of amides is 3. The number of hydrogen-bond donors (Lipinski definition) is 2. The molecule has 0 aliphatic rings. The van der Waals surface area contributed by atoms with Gasteiger partial charge >= 0.3 is 6.03 Å². The fraction of sp³-hybridized carbons (Fsp3) is 0.393. The van der Waals surface area contributed by atoms with Gasteiger partial charge in [-0.15, -0.1) is 0 Å². The lowest BCUT2D eigenvalue weighted by Gasteiger charge is -2.24. The number of carbonyl (C=O) groups excluding carboxylic acids is 2. The van der Waals surface area contributed by atoms with Gasteiger partial charge in [-0.1, -0.05) is 70.0 Å². The average molecular weight is 510 g/mol. The zero-order valence-electron chi connectivity index (χ0n) is 22.1. The van der Waals surface area contributed by atoms with Crippen LogP contribution in [0.1, 0.15) is 51.4 Å². The van der Waals surface area contributed by atoms with Gasteiger partial charge in [0, 0.05) is 28.7 Å². The Labute approximate surface area is 218 Å². The van der Waals surface area contributed by atoms with Crippen molar-refractivity contribution in [2.24, 2.45) is 5.92 Å². The quantitative estimate of drug-likeness (QED) is 0.378. The topological polar surface area (TPSA) is 79.3 Å². The van der Waals surface area contributed by atoms with Crippen molar-refractivity contribution in [1.29, 1.82) is 0 Å². The molecule has 0 bridgehead atoms. The van der Waals surface area contributed by atoms with E-state index < -0.39 is 0 Å². The van der Waals surface area contributed by atoms with Crippen LogP contribution >= 0.6 is 11.6 Å². The number of carbonyl (C=O) groups is 2. The summed E-state index contributed by atoms with van der Waals surface area (Å²) >= 11 is 6.05. The van der Waals surface area contributed by atoms with Crippen LogP contribution in [0.3, 0.4) is 0 Å². The molecule has 8 heteroatoms. The van der Waals surface area contributed by atoms with Gasteiger partial charge in [0.25, 0.3) is 0 Å². The first kappa shape index (κ1) is 27.3. The summed E-state index contributed by atoms with van der Waals surface area (Å²) in [5.74, 6) is 0.441. The highest BCUT2D eigenvalue weighted by molar-refractivity contribution is 6.30. The minimum atomic E-state index is -0.362. The first-order valence-electron chi connectivity index (χ1n) is 12.1. The van der Waals surface area contributed by atoms with Gasteiger partial charge in [-0.3, -0.25) is 4.79 Å². The molecule has 7 nitrogen and oxygen atoms in total. The smallest absolute Gasteiger partial charge is 0.315 e. The highest BCUT2D eigenvalue weighted by atomic mass is 35.5. The lowest BCUT2D eigenvalue weighted by molar-refractivity contribution is -0.116. The second-order valence-corrected chi connectivity index (χ2v) is 11.1. The highest BCUT2D eigenvalue weighted by Gasteiger charge is 2.24. The van der Waals surface area contributed by atoms with Crippen molar-refractivity contribution >= 4 is 35.0 Å². The summed E-state index contributed by atoms with van der Waals surface area (Å²) in [4.78, 5) is 27.7. The Morgan fingerprint density at radius 1 is 1.06 bits per heavy atom. The lowest BCUT2D eigenvalue weighted by Crippen LogP contribution is -2.42. The predicted molar refractivity (Wildman–Crippen MR) is 147 cm³/mol. The number of urea groups is 1. The summed E-state index contributed by atoms with van der Waals surface area (Å²) in [6.45, 7) is 14.6. The van der Waals surface area contributed by atoms with Crippen molar-refractivity contribution in [3.63, 3.8) is 0 Å². The monoisotopic (exact) mass is 509 g/mol. The maximum Gasteiger partial charge on any atom is 0.322 e. The molecule has 36 heavy (non-hydrogen) atoms. The molecule has 3 aromatic rings. The van der Waals surface area contributed by atoms with Gasteiger partial charge < -0.3 is 15.5 Å². The van der Waals surface area contributed by atoms with E-state index in [2.05, 4.69) is 37.5 Å². The van der Waals surface area contributed by atoms with E-state index in [4.69, 9.17) is 16.7 Å². The molecule has 0 aliphatic heterocycles. The van der Waals surface area contributed by atoms with Crippen molar-refractivity contribution in [2.75, 3.05) is 23.7 Å². The molecule has 192 valence electrons. The van der Waals surface area contributed by atoms with Crippen LogP contribution in [0.4, 0.5) is 16.3 Å². The van der Waals surface area contributed by atoms with E-state index in [-0.39, 0.29) is 29.8 Å². The molecule has 3 rings (SSSR count). The molecule has 0 saturated heterocycles. The van der Waals surface area contributed by atoms with Crippen molar-refractivity contribution in [3.05, 3.63) is 70.4 Å². The summed E-state index contributed by atoms with van der Waals surface area (Å²) in [5, 5.41) is 11.2. The van der Waals surface area contributed by atoms with Crippen LogP contribution in [0.15, 0.2) is 48.5 Å². The van der Waals surface area contributed by atoms with Crippen LogP contribution in [0.5, 0.6) is 0 Å². The fourth-order valence-corrected chi connectivity index (χ4v) is 4.04. The van der Waals surface area contributed by atoms with E-state index >= 15 is 0 Å². The zero-order valence-corrected chi connectivity index (χ0v) is 22.9. The minimum absolute atomic E-state index is 0.104. The lowest BCUT2D eigenvalue weighted by atomic mass is 9.92. The zero-order chi connectivity index (χ0) is 26.6. The van der Waals surface area contributed by atoms with E-state index in [0.29, 0.717) is 23.1 Å². The van der Waals surface area contributed by atoms with Gasteiger partial charge in [0.2, 0.25) is 5.91 Å². The van der Waals surface area contributed by atoms with Crippen LogP contribution < -0.4 is 10.6 Å². The van der Waals surface area contributed by atoms with Crippen LogP contribution in [-0.4, -0.2) is 39.7 Å². The molecule has 3 amide bonds. The van der Waals surface area contributed by atoms with Crippen molar-refractivity contribution in [3.8, 4) is 5.69 Å². The molecule has 0 fully saturated rings. The molecular weight excluding hydrogens is 474 g/mol. The summed E-state index contributed by atoms with van der Waals surface area (Å²) in [5.41, 5.74) is 4.32. The SMILES string of the molecule is Cc1ccc(-n2nc(C(C)(C)C)cc2NC(=O)CN(CC(C)C)C(=O)Nc2cccc(Cl)c2)c(C)c1. The van der Waals surface area contributed by atoms with Crippen molar-refractivity contribution < 1.29 is 9.59 Å². The number of halogens is 1. The van der Waals surface area contributed by atoms with Gasteiger partial charge in [0.15, 0.2) is 0 Å². The number of anilines is 2. The van der Waals surface area contributed by atoms with Crippen LogP contribution in [0.25, 0.3) is 5.69 Å². The van der Waals surface area contributed by atoms with Crippen LogP contribution in [-0.2, 0) is 10.2 Å². The van der Waals surface area contributed by atoms with Crippen molar-refractivity contribution in [1.82, 2.24) is 14.7 Å². The predicted octanol–water partition coefficient (Wildman–Crippen LogP) is 6.57. The molecule has 2 aromatic carbocycles. The molecule has 0 spiro atoms. The number of nitrogens with one attached hydrogen (secondary N) is 2. The Hall–Kier alpha value is -3.32. The molecule has 0 saturated carbocycles. The Balaban J connectivity index is 1.85. The van der Waals surface area contributed by atoms with Gasteiger partial charge in [-0.25, -0.2) is 9.48 Å². The Bertz CT molecular complexity index is 1240. The average Bonchev–Trinajstić information content (AvgIpc) is 3.16. The number of benzene rings is 2. The summed E-state index contributed by atoms with van der Waals surface area (Å²) in [6.07, 6.45) is 0. The summed E-state index contributed by atoms with van der Waals surface area (Å²) in [6, 6.07) is 14.6. The second kappa shape index (κ2) is 11.2. The van der Waals surface area contributed by atoms with E-state index in [1.54, 1.807) is 28.9 Å². The summed E-state index contributed by atoms with van der Waals surface area (Å²) < 4.78 is 1.77. The van der Waals surface area contributed by atoms with E-state index in [9.17, 15) is 9.59 Å². The second-order valence-electron chi connectivity index (χ2n) is 10.6. The number of hydrogen-bond acceptors (Lipinski definition) is 3. The Morgan fingerprint density at radius 2 is 1.78 bits per heavy atom. The number of aryl methyl sites for hydroxylation is 2. The maximum absolute atomic E-state index is 13.2. The largest absolute Gasteiger partial charge is 0.322 e. The van der Waals surface area contributed by atoms with E-state index in [1.165, 1.54) is 4.90 Å². The molecule has 0 aliphatic carbocycles. The maximum atomic E-state index is 13.2. The molecule has 1 heterocycles. The normalized spacial score (nSPS) is 11.5. The molecule has 2 N–H and O–H groups in total. The van der Waals surface area contributed by atoms with E-state index in [0.717, 1.165) is 22.5 Å². The van der Waals surface area contributed by atoms with E-state index in [1.807, 2.05) is 45.9 Å². The first-order valence-corrected chi connectivity index (χ1v) is 12.5. The van der Waals surface area contributed by atoms with Gasteiger partial charge in [-0.2, -0.15) is 5.10 Å².